The number of hydrogen-bond acceptors (Lipinski definition) is 8. The number of aliphatic imine (C=N–C) groups is 1. The Bertz CT molecular complexity index is 1200. The summed E-state index contributed by atoms with van der Waals surface area (Å²) in [5.41, 5.74) is 1.99. The lowest BCUT2D eigenvalue weighted by molar-refractivity contribution is -0.384. The van der Waals surface area contributed by atoms with E-state index in [9.17, 15) is 24.8 Å². The van der Waals surface area contributed by atoms with E-state index < -0.39 is 28.7 Å². The predicted octanol–water partition coefficient (Wildman–Crippen LogP) is 4.18. The van der Waals surface area contributed by atoms with Crippen LogP contribution in [0.25, 0.3) is 6.08 Å². The quantitative estimate of drug-likeness (QED) is 0.370. The molecule has 1 heterocycles. The third kappa shape index (κ3) is 5.37. The largest absolute Gasteiger partial charge is 0.508 e. The molecule has 0 amide bonds. The monoisotopic (exact) mass is 464 g/mol. The molecule has 34 heavy (non-hydrogen) atoms. The summed E-state index contributed by atoms with van der Waals surface area (Å²) in [6.07, 6.45) is 3.37. The van der Waals surface area contributed by atoms with Gasteiger partial charge < -0.3 is 14.6 Å². The first-order valence-corrected chi connectivity index (χ1v) is 10.4. The lowest BCUT2D eigenvalue weighted by Gasteiger charge is -2.31. The molecule has 2 aromatic rings. The molecule has 9 heteroatoms. The molecule has 1 N–H and O–H groups in total. The van der Waals surface area contributed by atoms with Crippen molar-refractivity contribution in [2.75, 3.05) is 13.7 Å². The topological polar surface area (TPSA) is 128 Å². The highest BCUT2D eigenvalue weighted by atomic mass is 16.6. The van der Waals surface area contributed by atoms with Crippen LogP contribution in [0.15, 0.2) is 70.9 Å². The van der Waals surface area contributed by atoms with Crippen molar-refractivity contribution in [2.45, 2.75) is 19.8 Å². The summed E-state index contributed by atoms with van der Waals surface area (Å²) < 4.78 is 10.4. The number of nitro groups is 1. The maximum absolute atomic E-state index is 13.1. The summed E-state index contributed by atoms with van der Waals surface area (Å²) >= 11 is 0. The number of allylic oxidation sites excluding steroid dienone is 1. The number of rotatable bonds is 7. The van der Waals surface area contributed by atoms with E-state index in [1.165, 1.54) is 25.3 Å². The molecular weight excluding hydrogens is 440 g/mol. The Labute approximate surface area is 196 Å². The highest BCUT2D eigenvalue weighted by molar-refractivity contribution is 6.07. The van der Waals surface area contributed by atoms with E-state index in [2.05, 4.69) is 4.99 Å². The molecule has 0 bridgehead atoms. The summed E-state index contributed by atoms with van der Waals surface area (Å²) in [4.78, 5) is 40.9. The molecule has 0 fully saturated rings. The number of carbonyl (C=O) groups is 2. The first-order chi connectivity index (χ1) is 16.2. The van der Waals surface area contributed by atoms with Crippen molar-refractivity contribution >= 4 is 29.4 Å². The number of non-ortho nitro benzene ring substituents is 1. The number of nitrogens with zero attached hydrogens (tertiary/aromatic N) is 2. The van der Waals surface area contributed by atoms with Crippen LogP contribution in [0.3, 0.4) is 0 Å². The number of carbonyl (C=O) groups excluding carboxylic acids is 2. The highest BCUT2D eigenvalue weighted by Crippen LogP contribution is 2.40. The number of aromatic hydroxyl groups is 1. The summed E-state index contributed by atoms with van der Waals surface area (Å²) in [5.74, 6) is -2.95. The van der Waals surface area contributed by atoms with Crippen LogP contribution in [0.4, 0.5) is 5.69 Å². The van der Waals surface area contributed by atoms with Gasteiger partial charge in [0.2, 0.25) is 0 Å². The van der Waals surface area contributed by atoms with Crippen LogP contribution in [0, 0.1) is 16.0 Å². The van der Waals surface area contributed by atoms with Crippen LogP contribution < -0.4 is 0 Å². The minimum atomic E-state index is -0.939. The summed E-state index contributed by atoms with van der Waals surface area (Å²) in [6.45, 7) is 3.23. The smallest absolute Gasteiger partial charge is 0.336 e. The van der Waals surface area contributed by atoms with Gasteiger partial charge in [-0.15, -0.1) is 0 Å². The molecule has 2 aromatic carbocycles. The van der Waals surface area contributed by atoms with Crippen LogP contribution in [-0.4, -0.2) is 41.4 Å². The van der Waals surface area contributed by atoms with Gasteiger partial charge in [0.15, 0.2) is 0 Å². The molecule has 3 rings (SSSR count). The Balaban J connectivity index is 1.92. The number of esters is 2. The fourth-order valence-corrected chi connectivity index (χ4v) is 3.90. The second kappa shape index (κ2) is 10.6. The molecule has 0 saturated heterocycles. The zero-order chi connectivity index (χ0) is 24.8. The van der Waals surface area contributed by atoms with Gasteiger partial charge in [-0.1, -0.05) is 30.3 Å². The Kier molecular flexibility index (Phi) is 7.57. The van der Waals surface area contributed by atoms with Crippen molar-refractivity contribution in [3.8, 4) is 5.75 Å². The van der Waals surface area contributed by atoms with Gasteiger partial charge in [0.1, 0.15) is 18.3 Å². The Hall–Kier alpha value is -4.27. The van der Waals surface area contributed by atoms with Crippen LogP contribution in [-0.2, 0) is 19.1 Å². The number of phenols is 1. The summed E-state index contributed by atoms with van der Waals surface area (Å²) in [6, 6.07) is 12.3. The lowest BCUT2D eigenvalue weighted by atomic mass is 9.75. The molecule has 9 nitrogen and oxygen atoms in total. The molecule has 2 unspecified atom stereocenters. The van der Waals surface area contributed by atoms with E-state index in [1.807, 2.05) is 0 Å². The second-order valence-electron chi connectivity index (χ2n) is 7.68. The van der Waals surface area contributed by atoms with E-state index in [1.54, 1.807) is 56.3 Å². The number of nitro benzene ring substituents is 1. The van der Waals surface area contributed by atoms with E-state index in [0.717, 1.165) is 5.56 Å². The average molecular weight is 464 g/mol. The molecule has 1 aliphatic heterocycles. The fourth-order valence-electron chi connectivity index (χ4n) is 3.90. The average Bonchev–Trinajstić information content (AvgIpc) is 2.82. The first-order valence-electron chi connectivity index (χ1n) is 10.4. The number of benzene rings is 2. The molecular formula is C25H24N2O7. The van der Waals surface area contributed by atoms with Crippen molar-refractivity contribution in [3.63, 3.8) is 0 Å². The molecule has 0 radical (unpaired) electrons. The van der Waals surface area contributed by atoms with Crippen molar-refractivity contribution in [1.82, 2.24) is 0 Å². The minimum Gasteiger partial charge on any atom is -0.508 e. The zero-order valence-electron chi connectivity index (χ0n) is 18.9. The van der Waals surface area contributed by atoms with Crippen LogP contribution >= 0.6 is 0 Å². The lowest BCUT2D eigenvalue weighted by Crippen LogP contribution is -2.36. The highest BCUT2D eigenvalue weighted by Gasteiger charge is 2.42. The predicted molar refractivity (Wildman–Crippen MR) is 125 cm³/mol. The van der Waals surface area contributed by atoms with Gasteiger partial charge in [0.25, 0.3) is 5.69 Å². The van der Waals surface area contributed by atoms with E-state index in [0.29, 0.717) is 17.0 Å². The van der Waals surface area contributed by atoms with E-state index >= 15 is 0 Å². The molecule has 0 saturated carbocycles. The van der Waals surface area contributed by atoms with Gasteiger partial charge in [0, 0.05) is 29.5 Å². The number of methoxy groups -OCH3 is 1. The van der Waals surface area contributed by atoms with Crippen molar-refractivity contribution < 1.29 is 29.1 Å². The van der Waals surface area contributed by atoms with Gasteiger partial charge in [0.05, 0.1) is 17.6 Å². The maximum Gasteiger partial charge on any atom is 0.336 e. The van der Waals surface area contributed by atoms with Crippen molar-refractivity contribution in [3.05, 3.63) is 87.1 Å². The third-order valence-electron chi connectivity index (χ3n) is 5.46. The van der Waals surface area contributed by atoms with Crippen LogP contribution in [0.1, 0.15) is 30.9 Å². The van der Waals surface area contributed by atoms with E-state index in [-0.39, 0.29) is 23.6 Å². The Morgan fingerprint density at radius 3 is 2.53 bits per heavy atom. The molecule has 1 aliphatic rings. The second-order valence-corrected chi connectivity index (χ2v) is 7.68. The number of hydrogen-bond donors (Lipinski definition) is 1. The maximum atomic E-state index is 13.1. The number of ether oxygens (including phenoxy) is 2. The molecule has 0 aromatic heterocycles. The van der Waals surface area contributed by atoms with E-state index in [4.69, 9.17) is 9.47 Å². The number of phenolic OH excluding ortho intramolecular Hbond substituents is 1. The van der Waals surface area contributed by atoms with Gasteiger partial charge in [-0.25, -0.2) is 4.79 Å². The minimum absolute atomic E-state index is 0.0519. The standard InChI is InChI=1S/C25H24N2O7/c1-15-21(24(29)33-3)23(18-7-4-8-19(14-18)27(31)32)22(16(2)26-15)25(30)34-13-5-6-17-9-11-20(28)12-10-17/h4-12,14,21,23,28H,13H2,1-3H3. The molecule has 0 spiro atoms. The fraction of sp³-hybridized carbons (Fsp3) is 0.240. The zero-order valence-corrected chi connectivity index (χ0v) is 18.9. The van der Waals surface area contributed by atoms with Crippen molar-refractivity contribution in [1.29, 1.82) is 0 Å². The van der Waals surface area contributed by atoms with Crippen LogP contribution in [0.2, 0.25) is 0 Å². The normalized spacial score (nSPS) is 17.9. The summed E-state index contributed by atoms with van der Waals surface area (Å²) in [7, 11) is 1.23. The Morgan fingerprint density at radius 1 is 1.18 bits per heavy atom. The van der Waals surface area contributed by atoms with Gasteiger partial charge in [-0.3, -0.25) is 19.9 Å². The SMILES string of the molecule is COC(=O)C1C(C)=NC(C)=C(C(=O)OCC=Cc2ccc(O)cc2)C1c1cccc([N+](=O)[O-])c1. The third-order valence-corrected chi connectivity index (χ3v) is 5.46. The molecule has 176 valence electrons. The van der Waals surface area contributed by atoms with Gasteiger partial charge >= 0.3 is 11.9 Å². The summed E-state index contributed by atoms with van der Waals surface area (Å²) in [5, 5.41) is 20.7. The van der Waals surface area contributed by atoms with Crippen LogP contribution in [0.5, 0.6) is 5.75 Å². The van der Waals surface area contributed by atoms with Crippen molar-refractivity contribution in [2.24, 2.45) is 10.9 Å². The first kappa shape index (κ1) is 24.4. The Morgan fingerprint density at radius 2 is 1.88 bits per heavy atom. The van der Waals surface area contributed by atoms with Gasteiger partial charge in [-0.2, -0.15) is 0 Å². The van der Waals surface area contributed by atoms with Gasteiger partial charge in [-0.05, 0) is 43.2 Å². The molecule has 2 atom stereocenters. The molecule has 0 aliphatic carbocycles.